The largest absolute Gasteiger partial charge is 0.257 e. The first kappa shape index (κ1) is 7.36. The molecule has 3 heteroatoms. The van der Waals surface area contributed by atoms with E-state index in [2.05, 4.69) is 26.9 Å². The fourth-order valence-corrected chi connectivity index (χ4v) is 0.966. The van der Waals surface area contributed by atoms with Crippen molar-refractivity contribution in [2.45, 2.75) is 13.5 Å². The van der Waals surface area contributed by atoms with Crippen molar-refractivity contribution in [1.29, 1.82) is 0 Å². The van der Waals surface area contributed by atoms with E-state index in [9.17, 15) is 0 Å². The van der Waals surface area contributed by atoms with Crippen LogP contribution in [0.15, 0.2) is 10.7 Å². The second-order valence-corrected chi connectivity index (χ2v) is 2.79. The fraction of sp³-hybridized carbons (Fsp3) is 0.286. The molecule has 0 N–H and O–H groups in total. The Morgan fingerprint density at radius 2 is 2.60 bits per heavy atom. The van der Waals surface area contributed by atoms with E-state index >= 15 is 0 Å². The van der Waals surface area contributed by atoms with Gasteiger partial charge in [-0.15, -0.1) is 6.42 Å². The van der Waals surface area contributed by atoms with Crippen LogP contribution >= 0.6 is 15.9 Å². The van der Waals surface area contributed by atoms with Crippen LogP contribution < -0.4 is 0 Å². The Morgan fingerprint density at radius 1 is 1.90 bits per heavy atom. The Bertz CT molecular complexity index is 270. The third kappa shape index (κ3) is 1.22. The van der Waals surface area contributed by atoms with E-state index in [1.165, 1.54) is 0 Å². The van der Waals surface area contributed by atoms with Crippen LogP contribution in [0.4, 0.5) is 0 Å². The molecule has 0 saturated carbocycles. The van der Waals surface area contributed by atoms with Crippen molar-refractivity contribution >= 4 is 15.9 Å². The second kappa shape index (κ2) is 2.89. The Morgan fingerprint density at radius 3 is 3.00 bits per heavy atom. The number of aromatic nitrogens is 2. The van der Waals surface area contributed by atoms with Crippen LogP contribution in [0, 0.1) is 19.3 Å². The van der Waals surface area contributed by atoms with Crippen molar-refractivity contribution in [3.8, 4) is 12.3 Å². The minimum absolute atomic E-state index is 0.539. The van der Waals surface area contributed by atoms with Gasteiger partial charge in [0.05, 0.1) is 16.4 Å². The fourth-order valence-electron chi connectivity index (χ4n) is 0.670. The highest BCUT2D eigenvalue weighted by atomic mass is 79.9. The molecular weight excluding hydrogens is 192 g/mol. The maximum atomic E-state index is 5.11. The van der Waals surface area contributed by atoms with Gasteiger partial charge in [0.2, 0.25) is 0 Å². The van der Waals surface area contributed by atoms with Gasteiger partial charge in [-0.25, -0.2) is 0 Å². The topological polar surface area (TPSA) is 17.8 Å². The zero-order valence-electron chi connectivity index (χ0n) is 5.63. The van der Waals surface area contributed by atoms with Crippen molar-refractivity contribution in [3.63, 3.8) is 0 Å². The van der Waals surface area contributed by atoms with Gasteiger partial charge >= 0.3 is 0 Å². The molecule has 0 unspecified atom stereocenters. The van der Waals surface area contributed by atoms with Crippen LogP contribution in [-0.2, 0) is 6.54 Å². The molecule has 0 radical (unpaired) electrons. The van der Waals surface area contributed by atoms with Crippen LogP contribution in [0.2, 0.25) is 0 Å². The van der Waals surface area contributed by atoms with Gasteiger partial charge in [0, 0.05) is 0 Å². The van der Waals surface area contributed by atoms with Gasteiger partial charge in [-0.2, -0.15) is 5.10 Å². The Labute approximate surface area is 68.4 Å². The van der Waals surface area contributed by atoms with Gasteiger partial charge in [-0.1, -0.05) is 5.92 Å². The van der Waals surface area contributed by atoms with E-state index in [1.807, 2.05) is 6.92 Å². The number of nitrogens with zero attached hydrogens (tertiary/aromatic N) is 2. The number of hydrogen-bond donors (Lipinski definition) is 0. The van der Waals surface area contributed by atoms with Crippen molar-refractivity contribution in [1.82, 2.24) is 9.78 Å². The van der Waals surface area contributed by atoms with Gasteiger partial charge in [0.25, 0.3) is 0 Å². The van der Waals surface area contributed by atoms with E-state index in [-0.39, 0.29) is 0 Å². The average Bonchev–Trinajstić information content (AvgIpc) is 2.20. The summed E-state index contributed by atoms with van der Waals surface area (Å²) < 4.78 is 2.77. The van der Waals surface area contributed by atoms with E-state index in [4.69, 9.17) is 6.42 Å². The van der Waals surface area contributed by atoms with Crippen molar-refractivity contribution < 1.29 is 0 Å². The lowest BCUT2D eigenvalue weighted by Crippen LogP contribution is -1.99. The van der Waals surface area contributed by atoms with E-state index in [0.29, 0.717) is 6.54 Å². The van der Waals surface area contributed by atoms with Crippen LogP contribution in [0.3, 0.4) is 0 Å². The smallest absolute Gasteiger partial charge is 0.102 e. The number of rotatable bonds is 1. The normalized spacial score (nSPS) is 9.30. The minimum Gasteiger partial charge on any atom is -0.257 e. The maximum Gasteiger partial charge on any atom is 0.102 e. The van der Waals surface area contributed by atoms with Crippen LogP contribution in [0.25, 0.3) is 0 Å². The molecule has 2 nitrogen and oxygen atoms in total. The molecule has 1 aromatic rings. The van der Waals surface area contributed by atoms with Crippen LogP contribution in [-0.4, -0.2) is 9.78 Å². The summed E-state index contributed by atoms with van der Waals surface area (Å²) in [5.41, 5.74) is 1.07. The van der Waals surface area contributed by atoms with E-state index in [0.717, 1.165) is 10.2 Å². The Kier molecular flexibility index (Phi) is 2.13. The first-order chi connectivity index (χ1) is 4.75. The zero-order chi connectivity index (χ0) is 7.56. The summed E-state index contributed by atoms with van der Waals surface area (Å²) in [6, 6.07) is 0. The summed E-state index contributed by atoms with van der Waals surface area (Å²) in [5, 5.41) is 4.03. The predicted octanol–water partition coefficient (Wildman–Crippen LogP) is 1.59. The summed E-state index contributed by atoms with van der Waals surface area (Å²) in [6.07, 6.45) is 6.86. The molecule has 1 rings (SSSR count). The molecule has 0 atom stereocenters. The summed E-state index contributed by atoms with van der Waals surface area (Å²) in [7, 11) is 0. The number of hydrogen-bond acceptors (Lipinski definition) is 1. The monoisotopic (exact) mass is 198 g/mol. The molecule has 0 bridgehead atoms. The molecule has 1 heterocycles. The molecule has 52 valence electrons. The molecule has 0 aliphatic carbocycles. The molecule has 0 saturated heterocycles. The summed E-state index contributed by atoms with van der Waals surface area (Å²) in [4.78, 5) is 0. The highest BCUT2D eigenvalue weighted by Crippen LogP contribution is 2.13. The molecule has 0 amide bonds. The first-order valence-electron chi connectivity index (χ1n) is 2.87. The highest BCUT2D eigenvalue weighted by molar-refractivity contribution is 9.10. The lowest BCUT2D eigenvalue weighted by Gasteiger charge is -1.95. The minimum atomic E-state index is 0.539. The Hall–Kier alpha value is -0.750. The summed E-state index contributed by atoms with van der Waals surface area (Å²) in [5.74, 6) is 2.52. The summed E-state index contributed by atoms with van der Waals surface area (Å²) in [6.45, 7) is 2.51. The van der Waals surface area contributed by atoms with Gasteiger partial charge < -0.3 is 0 Å². The first-order valence-corrected chi connectivity index (χ1v) is 3.66. The number of terminal acetylenes is 1. The summed E-state index contributed by atoms with van der Waals surface area (Å²) >= 11 is 3.33. The standard InChI is InChI=1S/C7H7BrN2/c1-3-4-10-6(2)7(8)5-9-10/h1,5H,4H2,2H3. The molecule has 10 heavy (non-hydrogen) atoms. The van der Waals surface area contributed by atoms with Crippen LogP contribution in [0.1, 0.15) is 5.69 Å². The Balaban J connectivity index is 2.96. The van der Waals surface area contributed by atoms with Crippen molar-refractivity contribution in [3.05, 3.63) is 16.4 Å². The van der Waals surface area contributed by atoms with Gasteiger partial charge in [0.15, 0.2) is 0 Å². The predicted molar refractivity (Wildman–Crippen MR) is 43.5 cm³/mol. The third-order valence-corrected chi connectivity index (χ3v) is 2.06. The van der Waals surface area contributed by atoms with E-state index in [1.54, 1.807) is 10.9 Å². The molecule has 0 spiro atoms. The SMILES string of the molecule is C#CCn1ncc(Br)c1C. The quantitative estimate of drug-likeness (QED) is 0.628. The van der Waals surface area contributed by atoms with Gasteiger partial charge in [-0.05, 0) is 22.9 Å². The molecule has 0 aliphatic heterocycles. The lowest BCUT2D eigenvalue weighted by atomic mass is 10.5. The average molecular weight is 199 g/mol. The van der Waals surface area contributed by atoms with Crippen molar-refractivity contribution in [2.75, 3.05) is 0 Å². The van der Waals surface area contributed by atoms with Crippen LogP contribution in [0.5, 0.6) is 0 Å². The molecule has 0 aliphatic rings. The molecule has 1 aromatic heterocycles. The molecular formula is C7H7BrN2. The highest BCUT2D eigenvalue weighted by Gasteiger charge is 1.99. The zero-order valence-corrected chi connectivity index (χ0v) is 7.22. The lowest BCUT2D eigenvalue weighted by molar-refractivity contribution is 0.691. The second-order valence-electron chi connectivity index (χ2n) is 1.94. The third-order valence-electron chi connectivity index (χ3n) is 1.28. The van der Waals surface area contributed by atoms with Gasteiger partial charge in [0.1, 0.15) is 6.54 Å². The van der Waals surface area contributed by atoms with Crippen molar-refractivity contribution in [2.24, 2.45) is 0 Å². The molecule has 0 aromatic carbocycles. The number of halogens is 1. The maximum absolute atomic E-state index is 5.11. The molecule has 0 fully saturated rings. The van der Waals surface area contributed by atoms with E-state index < -0.39 is 0 Å². The van der Waals surface area contributed by atoms with Gasteiger partial charge in [-0.3, -0.25) is 4.68 Å².